The molecule has 0 aromatic heterocycles. The number of hydrogen-bond acceptors (Lipinski definition) is 3. The summed E-state index contributed by atoms with van der Waals surface area (Å²) < 4.78 is 5.66. The molecule has 4 heteroatoms. The molecule has 0 spiro atoms. The van der Waals surface area contributed by atoms with Crippen LogP contribution in [0.15, 0.2) is 54.6 Å². The summed E-state index contributed by atoms with van der Waals surface area (Å²) in [5.74, 6) is 1.14. The maximum atomic E-state index is 12.3. The molecule has 2 aromatic carbocycles. The van der Waals surface area contributed by atoms with E-state index in [9.17, 15) is 4.79 Å². The minimum Gasteiger partial charge on any atom is -0.492 e. The Bertz CT molecular complexity index is 677. The Balaban J connectivity index is 1.32. The summed E-state index contributed by atoms with van der Waals surface area (Å²) in [5, 5.41) is 3.02. The lowest BCUT2D eigenvalue weighted by atomic mass is 9.95. The highest BCUT2D eigenvalue weighted by molar-refractivity contribution is 5.78. The van der Waals surface area contributed by atoms with Crippen molar-refractivity contribution in [2.75, 3.05) is 26.2 Å². The van der Waals surface area contributed by atoms with Gasteiger partial charge in [-0.3, -0.25) is 9.69 Å². The van der Waals surface area contributed by atoms with Gasteiger partial charge in [-0.2, -0.15) is 0 Å². The molecule has 1 amide bonds. The number of hydrogen-bond donors (Lipinski definition) is 1. The van der Waals surface area contributed by atoms with Gasteiger partial charge in [0, 0.05) is 12.5 Å². The van der Waals surface area contributed by atoms with E-state index in [2.05, 4.69) is 41.4 Å². The van der Waals surface area contributed by atoms with Crippen molar-refractivity contribution in [2.45, 2.75) is 26.3 Å². The van der Waals surface area contributed by atoms with Crippen molar-refractivity contribution in [2.24, 2.45) is 5.92 Å². The van der Waals surface area contributed by atoms with Crippen LogP contribution in [-0.4, -0.2) is 37.0 Å². The topological polar surface area (TPSA) is 41.6 Å². The Hall–Kier alpha value is -2.33. The van der Waals surface area contributed by atoms with Gasteiger partial charge in [-0.25, -0.2) is 0 Å². The number of amides is 1. The molecule has 0 atom stereocenters. The molecule has 0 unspecified atom stereocenters. The predicted octanol–water partition coefficient (Wildman–Crippen LogP) is 3.40. The number of carbonyl (C=O) groups excluding carboxylic acids is 1. The average Bonchev–Trinajstić information content (AvgIpc) is 2.68. The highest BCUT2D eigenvalue weighted by Gasteiger charge is 2.24. The number of benzene rings is 2. The summed E-state index contributed by atoms with van der Waals surface area (Å²) in [6.07, 6.45) is 1.86. The summed E-state index contributed by atoms with van der Waals surface area (Å²) in [6, 6.07) is 18.5. The first kappa shape index (κ1) is 18.5. The molecule has 1 heterocycles. The molecule has 138 valence electrons. The molecule has 0 aliphatic carbocycles. The number of likely N-dealkylation sites (tertiary alicyclic amines) is 1. The SMILES string of the molecule is Cc1ccc(OCCNC(=O)C2CCN(Cc3ccccc3)CC2)cc1. The maximum Gasteiger partial charge on any atom is 0.223 e. The molecule has 0 radical (unpaired) electrons. The van der Waals surface area contributed by atoms with Gasteiger partial charge < -0.3 is 10.1 Å². The second-order valence-corrected chi connectivity index (χ2v) is 6.99. The van der Waals surface area contributed by atoms with Crippen LogP contribution in [0.1, 0.15) is 24.0 Å². The number of rotatable bonds is 7. The molecule has 2 aromatic rings. The molecule has 1 aliphatic heterocycles. The van der Waals surface area contributed by atoms with Gasteiger partial charge in [0.15, 0.2) is 0 Å². The van der Waals surface area contributed by atoms with Crippen LogP contribution in [0.5, 0.6) is 5.75 Å². The summed E-state index contributed by atoms with van der Waals surface area (Å²) in [5.41, 5.74) is 2.55. The summed E-state index contributed by atoms with van der Waals surface area (Å²) >= 11 is 0. The van der Waals surface area contributed by atoms with Crippen molar-refractivity contribution in [3.8, 4) is 5.75 Å². The number of nitrogens with one attached hydrogen (secondary N) is 1. The third-order valence-electron chi connectivity index (χ3n) is 4.90. The zero-order valence-corrected chi connectivity index (χ0v) is 15.5. The lowest BCUT2D eigenvalue weighted by Gasteiger charge is -2.31. The van der Waals surface area contributed by atoms with E-state index in [1.54, 1.807) is 0 Å². The molecule has 3 rings (SSSR count). The molecule has 4 nitrogen and oxygen atoms in total. The fourth-order valence-electron chi connectivity index (χ4n) is 3.32. The largest absolute Gasteiger partial charge is 0.492 e. The van der Waals surface area contributed by atoms with Gasteiger partial charge in [-0.1, -0.05) is 48.0 Å². The number of ether oxygens (including phenoxy) is 1. The van der Waals surface area contributed by atoms with E-state index in [0.29, 0.717) is 13.2 Å². The van der Waals surface area contributed by atoms with Gasteiger partial charge in [0.25, 0.3) is 0 Å². The first-order valence-corrected chi connectivity index (χ1v) is 9.44. The van der Waals surface area contributed by atoms with Crippen LogP contribution >= 0.6 is 0 Å². The second kappa shape index (κ2) is 9.39. The normalized spacial score (nSPS) is 15.6. The van der Waals surface area contributed by atoms with E-state index in [0.717, 1.165) is 38.2 Å². The van der Waals surface area contributed by atoms with E-state index in [4.69, 9.17) is 4.74 Å². The quantitative estimate of drug-likeness (QED) is 0.777. The van der Waals surface area contributed by atoms with Crippen LogP contribution in [0, 0.1) is 12.8 Å². The standard InChI is InChI=1S/C22H28N2O2/c1-18-7-9-21(10-8-18)26-16-13-23-22(25)20-11-14-24(15-12-20)17-19-5-3-2-4-6-19/h2-10,20H,11-17H2,1H3,(H,23,25). The summed E-state index contributed by atoms with van der Waals surface area (Å²) in [6.45, 7) is 6.03. The van der Waals surface area contributed by atoms with Crippen molar-refractivity contribution in [1.82, 2.24) is 10.2 Å². The van der Waals surface area contributed by atoms with E-state index in [1.165, 1.54) is 11.1 Å². The Morgan fingerprint density at radius 3 is 2.46 bits per heavy atom. The van der Waals surface area contributed by atoms with Crippen LogP contribution in [-0.2, 0) is 11.3 Å². The lowest BCUT2D eigenvalue weighted by Crippen LogP contribution is -2.41. The predicted molar refractivity (Wildman–Crippen MR) is 104 cm³/mol. The van der Waals surface area contributed by atoms with Crippen LogP contribution < -0.4 is 10.1 Å². The molecule has 1 fully saturated rings. The van der Waals surface area contributed by atoms with Crippen molar-refractivity contribution in [1.29, 1.82) is 0 Å². The van der Waals surface area contributed by atoms with Crippen molar-refractivity contribution in [3.63, 3.8) is 0 Å². The third-order valence-corrected chi connectivity index (χ3v) is 4.90. The van der Waals surface area contributed by atoms with Gasteiger partial charge in [-0.15, -0.1) is 0 Å². The highest BCUT2D eigenvalue weighted by atomic mass is 16.5. The van der Waals surface area contributed by atoms with Gasteiger partial charge in [0.2, 0.25) is 5.91 Å². The number of carbonyl (C=O) groups is 1. The average molecular weight is 352 g/mol. The van der Waals surface area contributed by atoms with Crippen molar-refractivity contribution in [3.05, 3.63) is 65.7 Å². The number of piperidine rings is 1. The van der Waals surface area contributed by atoms with Gasteiger partial charge >= 0.3 is 0 Å². The molecule has 0 bridgehead atoms. The number of nitrogens with zero attached hydrogens (tertiary/aromatic N) is 1. The molecular formula is C22H28N2O2. The van der Waals surface area contributed by atoms with Crippen molar-refractivity contribution >= 4 is 5.91 Å². The molecule has 1 saturated heterocycles. The minimum absolute atomic E-state index is 0.126. The molecular weight excluding hydrogens is 324 g/mol. The summed E-state index contributed by atoms with van der Waals surface area (Å²) in [7, 11) is 0. The first-order chi connectivity index (χ1) is 12.7. The molecule has 26 heavy (non-hydrogen) atoms. The maximum absolute atomic E-state index is 12.3. The van der Waals surface area contributed by atoms with E-state index in [1.807, 2.05) is 30.3 Å². The fraction of sp³-hybridized carbons (Fsp3) is 0.409. The Morgan fingerprint density at radius 2 is 1.77 bits per heavy atom. The fourth-order valence-corrected chi connectivity index (χ4v) is 3.32. The Morgan fingerprint density at radius 1 is 1.08 bits per heavy atom. The Labute approximate surface area is 156 Å². The summed E-state index contributed by atoms with van der Waals surface area (Å²) in [4.78, 5) is 14.8. The molecule has 1 aliphatic rings. The molecule has 0 saturated carbocycles. The van der Waals surface area contributed by atoms with Gasteiger partial charge in [0.05, 0.1) is 6.54 Å². The van der Waals surface area contributed by atoms with Crippen LogP contribution in [0.4, 0.5) is 0 Å². The van der Waals surface area contributed by atoms with Crippen LogP contribution in [0.2, 0.25) is 0 Å². The zero-order chi connectivity index (χ0) is 18.2. The third kappa shape index (κ3) is 5.60. The smallest absolute Gasteiger partial charge is 0.223 e. The van der Waals surface area contributed by atoms with Crippen LogP contribution in [0.3, 0.4) is 0 Å². The minimum atomic E-state index is 0.126. The van der Waals surface area contributed by atoms with E-state index >= 15 is 0 Å². The lowest BCUT2D eigenvalue weighted by molar-refractivity contribution is -0.126. The first-order valence-electron chi connectivity index (χ1n) is 9.44. The monoisotopic (exact) mass is 352 g/mol. The molecule has 1 N–H and O–H groups in total. The van der Waals surface area contributed by atoms with Gasteiger partial charge in [0.1, 0.15) is 12.4 Å². The van der Waals surface area contributed by atoms with Crippen molar-refractivity contribution < 1.29 is 9.53 Å². The number of aryl methyl sites for hydroxylation is 1. The second-order valence-electron chi connectivity index (χ2n) is 6.99. The zero-order valence-electron chi connectivity index (χ0n) is 15.5. The van der Waals surface area contributed by atoms with E-state index in [-0.39, 0.29) is 11.8 Å². The highest BCUT2D eigenvalue weighted by Crippen LogP contribution is 2.19. The Kier molecular flexibility index (Phi) is 6.67. The van der Waals surface area contributed by atoms with Crippen LogP contribution in [0.25, 0.3) is 0 Å². The van der Waals surface area contributed by atoms with E-state index < -0.39 is 0 Å². The van der Waals surface area contributed by atoms with Gasteiger partial charge in [-0.05, 0) is 50.6 Å².